The van der Waals surface area contributed by atoms with Gasteiger partial charge in [0.15, 0.2) is 0 Å². The Labute approximate surface area is 226 Å². The van der Waals surface area contributed by atoms with Crippen molar-refractivity contribution in [2.45, 2.75) is 55.3 Å². The highest BCUT2D eigenvalue weighted by atomic mass is 127. The van der Waals surface area contributed by atoms with E-state index in [9.17, 15) is 4.79 Å². The summed E-state index contributed by atoms with van der Waals surface area (Å²) < 4.78 is 30.6. The van der Waals surface area contributed by atoms with E-state index < -0.39 is 24.4 Å². The van der Waals surface area contributed by atoms with Gasteiger partial charge in [-0.1, -0.05) is 91.0 Å². The summed E-state index contributed by atoms with van der Waals surface area (Å²) in [5.41, 5.74) is 3.14. The van der Waals surface area contributed by atoms with E-state index in [4.69, 9.17) is 23.7 Å². The summed E-state index contributed by atoms with van der Waals surface area (Å²) in [5, 5.41) is 0. The van der Waals surface area contributed by atoms with Crippen molar-refractivity contribution in [2.24, 2.45) is 0 Å². The smallest absolute Gasteiger partial charge is 0.302 e. The quantitative estimate of drug-likeness (QED) is 0.165. The van der Waals surface area contributed by atoms with Crippen LogP contribution >= 0.6 is 22.6 Å². The van der Waals surface area contributed by atoms with Crippen molar-refractivity contribution in [1.82, 2.24) is 0 Å². The SMILES string of the molecule is CC(=O)OC[C@H]1O[C@H](I)[C@H](OCc2ccccc2)[C@@H](OCc2ccccc2)[C@H]1OCc1ccccc1. The van der Waals surface area contributed by atoms with Crippen molar-refractivity contribution in [3.8, 4) is 0 Å². The molecule has 3 aromatic rings. The van der Waals surface area contributed by atoms with Crippen LogP contribution in [0.5, 0.6) is 0 Å². The van der Waals surface area contributed by atoms with Crippen molar-refractivity contribution < 1.29 is 28.5 Å². The molecule has 5 atom stereocenters. The second-order valence-electron chi connectivity index (χ2n) is 8.61. The first-order valence-electron chi connectivity index (χ1n) is 12.0. The number of benzene rings is 3. The van der Waals surface area contributed by atoms with Gasteiger partial charge >= 0.3 is 5.97 Å². The topological polar surface area (TPSA) is 63.2 Å². The number of rotatable bonds is 11. The lowest BCUT2D eigenvalue weighted by molar-refractivity contribution is -0.249. The Balaban J connectivity index is 1.57. The average molecular weight is 602 g/mol. The summed E-state index contributed by atoms with van der Waals surface area (Å²) in [5.74, 6) is -0.366. The molecular weight excluding hydrogens is 571 g/mol. The van der Waals surface area contributed by atoms with Gasteiger partial charge in [0.2, 0.25) is 0 Å². The van der Waals surface area contributed by atoms with E-state index in [1.165, 1.54) is 6.92 Å². The Kier molecular flexibility index (Phi) is 10.3. The van der Waals surface area contributed by atoms with Crippen LogP contribution in [0.15, 0.2) is 91.0 Å². The molecule has 0 aliphatic carbocycles. The first-order chi connectivity index (χ1) is 17.6. The summed E-state index contributed by atoms with van der Waals surface area (Å²) in [7, 11) is 0. The lowest BCUT2D eigenvalue weighted by Gasteiger charge is -2.44. The van der Waals surface area contributed by atoms with Crippen LogP contribution in [0.25, 0.3) is 0 Å². The van der Waals surface area contributed by atoms with E-state index in [2.05, 4.69) is 22.6 Å². The highest BCUT2D eigenvalue weighted by molar-refractivity contribution is 14.1. The minimum atomic E-state index is -0.514. The lowest BCUT2D eigenvalue weighted by atomic mass is 9.99. The molecule has 6 nitrogen and oxygen atoms in total. The van der Waals surface area contributed by atoms with Gasteiger partial charge in [-0.25, -0.2) is 0 Å². The highest BCUT2D eigenvalue weighted by Crippen LogP contribution is 2.33. The Hall–Kier alpha value is -2.30. The molecule has 0 unspecified atom stereocenters. The normalized spacial score (nSPS) is 23.8. The van der Waals surface area contributed by atoms with Crippen LogP contribution in [0.2, 0.25) is 0 Å². The molecule has 0 N–H and O–H groups in total. The first-order valence-corrected chi connectivity index (χ1v) is 13.2. The Morgan fingerprint density at radius 1 is 0.694 bits per heavy atom. The van der Waals surface area contributed by atoms with Gasteiger partial charge in [0.1, 0.15) is 35.1 Å². The number of ether oxygens (including phenoxy) is 5. The first kappa shape index (κ1) is 26.8. The molecule has 0 amide bonds. The van der Waals surface area contributed by atoms with Gasteiger partial charge in [-0.2, -0.15) is 0 Å². The van der Waals surface area contributed by atoms with Gasteiger partial charge in [-0.15, -0.1) is 0 Å². The van der Waals surface area contributed by atoms with Crippen LogP contribution in [-0.2, 0) is 48.3 Å². The van der Waals surface area contributed by atoms with Crippen molar-refractivity contribution in [2.75, 3.05) is 6.61 Å². The van der Waals surface area contributed by atoms with Crippen LogP contribution in [-0.4, -0.2) is 41.1 Å². The zero-order chi connectivity index (χ0) is 25.2. The Bertz CT molecular complexity index is 1050. The average Bonchev–Trinajstić information content (AvgIpc) is 2.91. The molecular formula is C29H31IO6. The summed E-state index contributed by atoms with van der Waals surface area (Å²) in [4.78, 5) is 11.6. The van der Waals surface area contributed by atoms with Crippen LogP contribution in [0.1, 0.15) is 23.6 Å². The van der Waals surface area contributed by atoms with Crippen LogP contribution in [0.4, 0.5) is 0 Å². The van der Waals surface area contributed by atoms with Crippen molar-refractivity contribution >= 4 is 28.6 Å². The number of hydrogen-bond donors (Lipinski definition) is 0. The molecule has 3 aromatic carbocycles. The number of carbonyl (C=O) groups is 1. The third kappa shape index (κ3) is 7.85. The minimum Gasteiger partial charge on any atom is -0.463 e. The molecule has 1 heterocycles. The third-order valence-corrected chi connectivity index (χ3v) is 6.89. The number of esters is 1. The van der Waals surface area contributed by atoms with E-state index in [1.807, 2.05) is 91.0 Å². The van der Waals surface area contributed by atoms with E-state index in [0.29, 0.717) is 19.8 Å². The second-order valence-corrected chi connectivity index (χ2v) is 9.84. The fraction of sp³-hybridized carbons (Fsp3) is 0.345. The molecule has 1 saturated heterocycles. The maximum absolute atomic E-state index is 11.6. The molecule has 36 heavy (non-hydrogen) atoms. The molecule has 0 radical (unpaired) electrons. The molecule has 190 valence electrons. The Morgan fingerprint density at radius 3 is 1.56 bits per heavy atom. The van der Waals surface area contributed by atoms with E-state index >= 15 is 0 Å². The molecule has 7 heteroatoms. The molecule has 0 aromatic heterocycles. The van der Waals surface area contributed by atoms with Gasteiger partial charge in [0.25, 0.3) is 0 Å². The predicted molar refractivity (Wildman–Crippen MR) is 144 cm³/mol. The third-order valence-electron chi connectivity index (χ3n) is 5.88. The lowest BCUT2D eigenvalue weighted by Crippen LogP contribution is -2.59. The van der Waals surface area contributed by atoms with Gasteiger partial charge in [-0.3, -0.25) is 4.79 Å². The van der Waals surface area contributed by atoms with Crippen LogP contribution in [0, 0.1) is 0 Å². The zero-order valence-corrected chi connectivity index (χ0v) is 22.4. The van der Waals surface area contributed by atoms with Gasteiger partial charge < -0.3 is 23.7 Å². The van der Waals surface area contributed by atoms with Crippen molar-refractivity contribution in [1.29, 1.82) is 0 Å². The number of hydrogen-bond acceptors (Lipinski definition) is 6. The maximum Gasteiger partial charge on any atom is 0.302 e. The fourth-order valence-corrected chi connectivity index (χ4v) is 5.06. The second kappa shape index (κ2) is 13.9. The van der Waals surface area contributed by atoms with Gasteiger partial charge in [-0.05, 0) is 39.3 Å². The fourth-order valence-electron chi connectivity index (χ4n) is 4.07. The predicted octanol–water partition coefficient (Wildman–Crippen LogP) is 5.47. The molecule has 0 spiro atoms. The molecule has 0 bridgehead atoms. The van der Waals surface area contributed by atoms with E-state index in [1.54, 1.807) is 0 Å². The van der Waals surface area contributed by atoms with Crippen molar-refractivity contribution in [3.05, 3.63) is 108 Å². The number of carbonyl (C=O) groups excluding carboxylic acids is 1. The Morgan fingerprint density at radius 2 is 1.11 bits per heavy atom. The summed E-state index contributed by atoms with van der Waals surface area (Å²) in [6, 6.07) is 29.9. The molecule has 1 aliphatic rings. The minimum absolute atomic E-state index is 0.0743. The monoisotopic (exact) mass is 602 g/mol. The van der Waals surface area contributed by atoms with Crippen LogP contribution < -0.4 is 0 Å². The summed E-state index contributed by atoms with van der Waals surface area (Å²) in [6.45, 7) is 2.64. The molecule has 0 saturated carbocycles. The number of halogens is 1. The highest BCUT2D eigenvalue weighted by Gasteiger charge is 2.47. The largest absolute Gasteiger partial charge is 0.463 e. The van der Waals surface area contributed by atoms with Gasteiger partial charge in [0, 0.05) is 6.92 Å². The zero-order valence-electron chi connectivity index (χ0n) is 20.2. The van der Waals surface area contributed by atoms with Crippen LogP contribution in [0.3, 0.4) is 0 Å². The molecule has 1 fully saturated rings. The standard InChI is InChI=1S/C29H31IO6/c1-21(31)32-20-25-26(33-17-22-11-5-2-6-12-22)27(34-18-23-13-7-3-8-14-23)28(29(30)36-25)35-19-24-15-9-4-10-16-24/h2-16,25-29H,17-20H2,1H3/t25-,26+,27+,28-,29+/m1/s1. The summed E-state index contributed by atoms with van der Waals surface area (Å²) >= 11 is 2.23. The molecule has 4 rings (SSSR count). The summed E-state index contributed by atoms with van der Waals surface area (Å²) in [6.07, 6.45) is -1.87. The van der Waals surface area contributed by atoms with Crippen molar-refractivity contribution in [3.63, 3.8) is 0 Å². The molecule has 1 aliphatic heterocycles. The van der Waals surface area contributed by atoms with E-state index in [0.717, 1.165) is 16.7 Å². The number of alkyl halides is 1. The van der Waals surface area contributed by atoms with E-state index in [-0.39, 0.29) is 16.7 Å². The van der Waals surface area contributed by atoms with Gasteiger partial charge in [0.05, 0.1) is 19.8 Å². The maximum atomic E-state index is 11.6.